The molecule has 1 N–H and O–H groups in total. The van der Waals surface area contributed by atoms with Gasteiger partial charge in [0.1, 0.15) is 6.10 Å². The molecule has 0 radical (unpaired) electrons. The highest BCUT2D eigenvalue weighted by molar-refractivity contribution is 9.28. The Morgan fingerprint density at radius 3 is 2.18 bits per heavy atom. The molecular formula is C10H11Br3O3S. The summed E-state index contributed by atoms with van der Waals surface area (Å²) in [6.07, 6.45) is -1.19. The van der Waals surface area contributed by atoms with Crippen LogP contribution in [0, 0.1) is 0 Å². The van der Waals surface area contributed by atoms with Crippen LogP contribution in [-0.4, -0.2) is 21.8 Å². The molecule has 1 rings (SSSR count). The summed E-state index contributed by atoms with van der Waals surface area (Å²) >= 11 is 9.38. The van der Waals surface area contributed by atoms with Crippen molar-refractivity contribution in [3.8, 4) is 0 Å². The van der Waals surface area contributed by atoms with Gasteiger partial charge >= 0.3 is 0 Å². The molecule has 1 atom stereocenters. The van der Waals surface area contributed by atoms with Gasteiger partial charge in [-0.1, -0.05) is 66.8 Å². The second kappa shape index (κ2) is 5.69. The molecule has 17 heavy (non-hydrogen) atoms. The summed E-state index contributed by atoms with van der Waals surface area (Å²) in [4.78, 5) is 0. The van der Waals surface area contributed by atoms with E-state index >= 15 is 0 Å². The third kappa shape index (κ3) is 3.32. The minimum atomic E-state index is -3.48. The molecule has 0 aliphatic carbocycles. The van der Waals surface area contributed by atoms with E-state index in [1.165, 1.54) is 6.92 Å². The fourth-order valence-electron chi connectivity index (χ4n) is 1.20. The Bertz CT molecular complexity index is 482. The first-order valence-corrected chi connectivity index (χ1v) is 8.79. The number of halogens is 3. The van der Waals surface area contributed by atoms with Gasteiger partial charge in [-0.15, -0.1) is 0 Å². The average molecular weight is 451 g/mol. The smallest absolute Gasteiger partial charge is 0.210 e. The zero-order valence-electron chi connectivity index (χ0n) is 8.90. The van der Waals surface area contributed by atoms with Gasteiger partial charge in [0, 0.05) is 10.2 Å². The van der Waals surface area contributed by atoms with Gasteiger partial charge in [0.15, 0.2) is 9.84 Å². The van der Waals surface area contributed by atoms with Crippen LogP contribution < -0.4 is 0 Å². The van der Waals surface area contributed by atoms with E-state index in [2.05, 4.69) is 47.8 Å². The largest absolute Gasteiger partial charge is 0.385 e. The van der Waals surface area contributed by atoms with Gasteiger partial charge in [0.05, 0.1) is 0 Å². The predicted octanol–water partition coefficient (Wildman–Crippen LogP) is 3.36. The van der Waals surface area contributed by atoms with Gasteiger partial charge in [-0.05, 0) is 17.7 Å². The zero-order chi connectivity index (χ0) is 13.3. The van der Waals surface area contributed by atoms with Crippen molar-refractivity contribution in [1.29, 1.82) is 0 Å². The van der Waals surface area contributed by atoms with Crippen molar-refractivity contribution in [2.45, 2.75) is 15.6 Å². The Morgan fingerprint density at radius 2 is 1.76 bits per heavy atom. The summed E-state index contributed by atoms with van der Waals surface area (Å²) < 4.78 is 23.0. The van der Waals surface area contributed by atoms with Crippen molar-refractivity contribution in [2.75, 3.05) is 5.75 Å². The van der Waals surface area contributed by atoms with Gasteiger partial charge in [-0.2, -0.15) is 0 Å². The second-order valence-electron chi connectivity index (χ2n) is 3.42. The summed E-state index contributed by atoms with van der Waals surface area (Å²) in [5.41, 5.74) is 0.513. The number of aliphatic hydroxyl groups is 1. The molecule has 7 heteroatoms. The number of rotatable bonds is 4. The maximum absolute atomic E-state index is 11.8. The third-order valence-electron chi connectivity index (χ3n) is 2.30. The Kier molecular flexibility index (Phi) is 5.23. The number of alkyl halides is 2. The molecule has 0 saturated heterocycles. The monoisotopic (exact) mass is 448 g/mol. The van der Waals surface area contributed by atoms with E-state index in [-0.39, 0.29) is 5.75 Å². The molecule has 0 unspecified atom stereocenters. The van der Waals surface area contributed by atoms with E-state index in [4.69, 9.17) is 0 Å². The Morgan fingerprint density at radius 1 is 1.29 bits per heavy atom. The molecule has 1 aromatic carbocycles. The molecule has 0 amide bonds. The highest BCUT2D eigenvalue weighted by Gasteiger charge is 2.45. The van der Waals surface area contributed by atoms with Crippen LogP contribution in [0.25, 0.3) is 0 Å². The first-order valence-electron chi connectivity index (χ1n) is 4.76. The summed E-state index contributed by atoms with van der Waals surface area (Å²) in [6.45, 7) is 1.53. The lowest BCUT2D eigenvalue weighted by Crippen LogP contribution is -2.33. The second-order valence-corrected chi connectivity index (χ2v) is 11.4. The molecule has 0 fully saturated rings. The number of hydrogen-bond acceptors (Lipinski definition) is 3. The first kappa shape index (κ1) is 15.6. The van der Waals surface area contributed by atoms with E-state index in [0.29, 0.717) is 5.56 Å². The van der Waals surface area contributed by atoms with Crippen molar-refractivity contribution in [3.05, 3.63) is 34.3 Å². The molecule has 0 saturated carbocycles. The SMILES string of the molecule is CCS(=O)(=O)C(Br)(Br)[C@@H](O)c1ccc(Br)cc1. The Labute approximate surface area is 126 Å². The van der Waals surface area contributed by atoms with Crippen molar-refractivity contribution < 1.29 is 13.5 Å². The van der Waals surface area contributed by atoms with Crippen LogP contribution in [-0.2, 0) is 9.84 Å². The summed E-state index contributed by atoms with van der Waals surface area (Å²) in [6, 6.07) is 6.81. The first-order chi connectivity index (χ1) is 7.72. The minimum absolute atomic E-state index is 0.0723. The maximum Gasteiger partial charge on any atom is 0.210 e. The summed E-state index contributed by atoms with van der Waals surface area (Å²) in [7, 11) is -3.48. The maximum atomic E-state index is 11.8. The number of hydrogen-bond donors (Lipinski definition) is 1. The topological polar surface area (TPSA) is 54.4 Å². The molecule has 1 aromatic rings. The molecular weight excluding hydrogens is 440 g/mol. The highest BCUT2D eigenvalue weighted by Crippen LogP contribution is 2.44. The standard InChI is InChI=1S/C10H11Br3O3S/c1-2-17(15,16)10(12,13)9(14)7-3-5-8(11)6-4-7/h3-6,9,14H,2H2,1H3/t9-/m0/s1. The lowest BCUT2D eigenvalue weighted by molar-refractivity contribution is 0.189. The molecule has 0 aliphatic heterocycles. The van der Waals surface area contributed by atoms with Gasteiger partial charge in [0.2, 0.25) is 2.57 Å². The molecule has 0 spiro atoms. The zero-order valence-corrected chi connectivity index (χ0v) is 14.5. The van der Waals surface area contributed by atoms with Gasteiger partial charge in [-0.25, -0.2) is 8.42 Å². The van der Waals surface area contributed by atoms with Crippen molar-refractivity contribution in [3.63, 3.8) is 0 Å². The Hall–Kier alpha value is 0.570. The van der Waals surface area contributed by atoms with Gasteiger partial charge in [0.25, 0.3) is 0 Å². The fraction of sp³-hybridized carbons (Fsp3) is 0.400. The van der Waals surface area contributed by atoms with Crippen LogP contribution in [0.3, 0.4) is 0 Å². The lowest BCUT2D eigenvalue weighted by atomic mass is 10.1. The molecule has 0 aromatic heterocycles. The molecule has 0 aliphatic rings. The molecule has 96 valence electrons. The van der Waals surface area contributed by atoms with E-state index in [9.17, 15) is 13.5 Å². The summed E-state index contributed by atoms with van der Waals surface area (Å²) in [5, 5.41) is 10.1. The fourth-order valence-corrected chi connectivity index (χ4v) is 4.23. The molecule has 0 heterocycles. The van der Waals surface area contributed by atoms with E-state index in [1.807, 2.05) is 0 Å². The molecule has 0 bridgehead atoms. The van der Waals surface area contributed by atoms with E-state index in [1.54, 1.807) is 24.3 Å². The quantitative estimate of drug-likeness (QED) is 0.716. The van der Waals surface area contributed by atoms with Crippen LogP contribution in [0.1, 0.15) is 18.6 Å². The molecule has 3 nitrogen and oxygen atoms in total. The number of sulfone groups is 1. The lowest BCUT2D eigenvalue weighted by Gasteiger charge is -2.26. The van der Waals surface area contributed by atoms with Crippen molar-refractivity contribution in [1.82, 2.24) is 0 Å². The van der Waals surface area contributed by atoms with Gasteiger partial charge < -0.3 is 5.11 Å². The normalized spacial score (nSPS) is 14.6. The van der Waals surface area contributed by atoms with Crippen LogP contribution in [0.4, 0.5) is 0 Å². The highest BCUT2D eigenvalue weighted by atomic mass is 79.9. The van der Waals surface area contributed by atoms with E-state index in [0.717, 1.165) is 4.47 Å². The number of benzene rings is 1. The van der Waals surface area contributed by atoms with Crippen LogP contribution in [0.15, 0.2) is 28.7 Å². The summed E-state index contributed by atoms with van der Waals surface area (Å²) in [5.74, 6) is -0.0723. The average Bonchev–Trinajstić information content (AvgIpc) is 2.28. The van der Waals surface area contributed by atoms with Crippen LogP contribution in [0.2, 0.25) is 0 Å². The van der Waals surface area contributed by atoms with E-state index < -0.39 is 18.5 Å². The third-order valence-corrected chi connectivity index (χ3v) is 8.47. The van der Waals surface area contributed by atoms with Crippen molar-refractivity contribution in [2.24, 2.45) is 0 Å². The van der Waals surface area contributed by atoms with Crippen LogP contribution in [0.5, 0.6) is 0 Å². The number of aliphatic hydroxyl groups excluding tert-OH is 1. The van der Waals surface area contributed by atoms with Gasteiger partial charge in [-0.3, -0.25) is 0 Å². The minimum Gasteiger partial charge on any atom is -0.385 e. The Balaban J connectivity index is 3.12. The van der Waals surface area contributed by atoms with Crippen molar-refractivity contribution >= 4 is 57.6 Å². The van der Waals surface area contributed by atoms with Crippen LogP contribution >= 0.6 is 47.8 Å². The predicted molar refractivity (Wildman–Crippen MR) is 79.1 cm³/mol.